The molecule has 23 heavy (non-hydrogen) atoms. The van der Waals surface area contributed by atoms with Gasteiger partial charge < -0.3 is 5.32 Å². The summed E-state index contributed by atoms with van der Waals surface area (Å²) in [5, 5.41) is 12.4. The first-order chi connectivity index (χ1) is 11.2. The second-order valence-electron chi connectivity index (χ2n) is 6.12. The fourth-order valence-corrected chi connectivity index (χ4v) is 3.48. The van der Waals surface area contributed by atoms with Crippen molar-refractivity contribution >= 4 is 11.6 Å². The third kappa shape index (κ3) is 2.13. The fourth-order valence-electron chi connectivity index (χ4n) is 3.48. The maximum absolute atomic E-state index is 12.5. The zero-order valence-electron chi connectivity index (χ0n) is 12.5. The minimum Gasteiger partial charge on any atom is -0.384 e. The van der Waals surface area contributed by atoms with Crippen LogP contribution in [0.25, 0.3) is 11.1 Å². The van der Waals surface area contributed by atoms with E-state index in [0.717, 1.165) is 22.4 Å². The van der Waals surface area contributed by atoms with Crippen molar-refractivity contribution < 1.29 is 4.79 Å². The number of hydrogen-bond acceptors (Lipinski definition) is 5. The predicted molar refractivity (Wildman–Crippen MR) is 84.0 cm³/mol. The number of hydrogen-bond donors (Lipinski definition) is 1. The number of aromatic nitrogens is 2. The maximum atomic E-state index is 12.5. The Kier molecular flexibility index (Phi) is 3.01. The minimum absolute atomic E-state index is 0.0633. The summed E-state index contributed by atoms with van der Waals surface area (Å²) >= 11 is 0. The normalized spacial score (nSPS) is 22.6. The molecule has 1 atom stereocenters. The molecule has 1 fully saturated rings. The molecule has 0 aliphatic carbocycles. The van der Waals surface area contributed by atoms with Crippen molar-refractivity contribution in [3.05, 3.63) is 42.5 Å². The van der Waals surface area contributed by atoms with Gasteiger partial charge in [0.1, 0.15) is 6.33 Å². The Morgan fingerprint density at radius 2 is 2.09 bits per heavy atom. The van der Waals surface area contributed by atoms with Gasteiger partial charge in [0.2, 0.25) is 5.91 Å². The van der Waals surface area contributed by atoms with Crippen molar-refractivity contribution in [2.75, 3.05) is 18.4 Å². The van der Waals surface area contributed by atoms with Crippen LogP contribution >= 0.6 is 0 Å². The van der Waals surface area contributed by atoms with Crippen LogP contribution in [0, 0.1) is 16.9 Å². The Hall–Kier alpha value is -2.94. The molecule has 6 heteroatoms. The van der Waals surface area contributed by atoms with E-state index in [4.69, 9.17) is 5.26 Å². The summed E-state index contributed by atoms with van der Waals surface area (Å²) in [5.74, 6) is -0.0633. The number of amides is 1. The van der Waals surface area contributed by atoms with Crippen LogP contribution in [-0.2, 0) is 11.2 Å². The highest BCUT2D eigenvalue weighted by Crippen LogP contribution is 2.41. The van der Waals surface area contributed by atoms with Crippen LogP contribution in [0.1, 0.15) is 12.0 Å². The monoisotopic (exact) mass is 305 g/mol. The Morgan fingerprint density at radius 3 is 2.83 bits per heavy atom. The molecule has 0 radical (unpaired) electrons. The van der Waals surface area contributed by atoms with Gasteiger partial charge in [0, 0.05) is 36.7 Å². The molecule has 2 aromatic rings. The molecule has 3 heterocycles. The van der Waals surface area contributed by atoms with Gasteiger partial charge in [0.05, 0.1) is 5.41 Å². The highest BCUT2D eigenvalue weighted by atomic mass is 16.2. The Labute approximate surface area is 133 Å². The molecule has 2 aliphatic rings. The standard InChI is InChI=1S/C17H15N5O/c18-10-22-4-3-17(16(22)23)6-13-5-12(1-2-15(13)21-9-17)14-7-19-11-20-8-14/h1-2,5,7-8,11,21H,3-4,6,9H2. The van der Waals surface area contributed by atoms with Crippen LogP contribution in [0.5, 0.6) is 0 Å². The van der Waals surface area contributed by atoms with E-state index in [9.17, 15) is 4.79 Å². The van der Waals surface area contributed by atoms with Crippen LogP contribution in [0.3, 0.4) is 0 Å². The summed E-state index contributed by atoms with van der Waals surface area (Å²) < 4.78 is 0. The quantitative estimate of drug-likeness (QED) is 0.813. The lowest BCUT2D eigenvalue weighted by atomic mass is 9.76. The van der Waals surface area contributed by atoms with Crippen LogP contribution < -0.4 is 5.32 Å². The molecule has 1 unspecified atom stereocenters. The number of benzene rings is 1. The number of nitrogens with one attached hydrogen (secondary N) is 1. The number of nitrogens with zero attached hydrogens (tertiary/aromatic N) is 4. The number of anilines is 1. The van der Waals surface area contributed by atoms with Crippen molar-refractivity contribution in [3.8, 4) is 17.3 Å². The fraction of sp³-hybridized carbons (Fsp3) is 0.294. The van der Waals surface area contributed by atoms with E-state index in [1.165, 1.54) is 11.2 Å². The van der Waals surface area contributed by atoms with Crippen molar-refractivity contribution in [3.63, 3.8) is 0 Å². The highest BCUT2D eigenvalue weighted by molar-refractivity contribution is 5.88. The molecule has 6 nitrogen and oxygen atoms in total. The van der Waals surface area contributed by atoms with Gasteiger partial charge in [0.25, 0.3) is 0 Å². The summed E-state index contributed by atoms with van der Waals surface area (Å²) in [6.45, 7) is 1.10. The summed E-state index contributed by atoms with van der Waals surface area (Å²) in [5.41, 5.74) is 3.65. The topological polar surface area (TPSA) is 81.9 Å². The molecule has 0 saturated carbocycles. The second-order valence-corrected chi connectivity index (χ2v) is 6.12. The van der Waals surface area contributed by atoms with Gasteiger partial charge in [-0.25, -0.2) is 14.9 Å². The molecule has 1 saturated heterocycles. The molecule has 114 valence electrons. The Bertz CT molecular complexity index is 813. The summed E-state index contributed by atoms with van der Waals surface area (Å²) in [6.07, 6.45) is 8.42. The molecule has 1 amide bonds. The first kappa shape index (κ1) is 13.7. The summed E-state index contributed by atoms with van der Waals surface area (Å²) in [7, 11) is 0. The van der Waals surface area contributed by atoms with Gasteiger partial charge in [-0.15, -0.1) is 0 Å². The van der Waals surface area contributed by atoms with Gasteiger partial charge >= 0.3 is 0 Å². The van der Waals surface area contributed by atoms with E-state index < -0.39 is 5.41 Å². The molecule has 4 rings (SSSR count). The van der Waals surface area contributed by atoms with Gasteiger partial charge in [-0.2, -0.15) is 5.26 Å². The average Bonchev–Trinajstić information content (AvgIpc) is 2.91. The summed E-state index contributed by atoms with van der Waals surface area (Å²) in [4.78, 5) is 21.9. The first-order valence-electron chi connectivity index (χ1n) is 7.56. The third-order valence-corrected chi connectivity index (χ3v) is 4.78. The smallest absolute Gasteiger partial charge is 0.243 e. The zero-order chi connectivity index (χ0) is 15.9. The number of nitriles is 1. The number of carbonyl (C=O) groups is 1. The van der Waals surface area contributed by atoms with E-state index >= 15 is 0 Å². The predicted octanol–water partition coefficient (Wildman–Crippen LogP) is 1.81. The molecular formula is C17H15N5O. The zero-order valence-corrected chi connectivity index (χ0v) is 12.5. The third-order valence-electron chi connectivity index (χ3n) is 4.78. The van der Waals surface area contributed by atoms with Crippen LogP contribution in [0.15, 0.2) is 36.9 Å². The van der Waals surface area contributed by atoms with Gasteiger partial charge in [-0.3, -0.25) is 4.79 Å². The number of carbonyl (C=O) groups excluding carboxylic acids is 1. The minimum atomic E-state index is -0.492. The van der Waals surface area contributed by atoms with E-state index in [-0.39, 0.29) is 5.91 Å². The Morgan fingerprint density at radius 1 is 1.26 bits per heavy atom. The average molecular weight is 305 g/mol. The lowest BCUT2D eigenvalue weighted by Gasteiger charge is -2.33. The lowest BCUT2D eigenvalue weighted by Crippen LogP contribution is -2.42. The van der Waals surface area contributed by atoms with Crippen molar-refractivity contribution in [2.24, 2.45) is 5.41 Å². The van der Waals surface area contributed by atoms with Gasteiger partial charge in [-0.1, -0.05) is 6.07 Å². The Balaban J connectivity index is 1.70. The van der Waals surface area contributed by atoms with Crippen molar-refractivity contribution in [1.82, 2.24) is 14.9 Å². The first-order valence-corrected chi connectivity index (χ1v) is 7.56. The van der Waals surface area contributed by atoms with E-state index in [1.807, 2.05) is 18.3 Å². The van der Waals surface area contributed by atoms with Gasteiger partial charge in [-0.05, 0) is 36.1 Å². The van der Waals surface area contributed by atoms with Crippen LogP contribution in [0.4, 0.5) is 5.69 Å². The number of rotatable bonds is 1. The van der Waals surface area contributed by atoms with E-state index in [0.29, 0.717) is 25.9 Å². The van der Waals surface area contributed by atoms with E-state index in [1.54, 1.807) is 12.4 Å². The van der Waals surface area contributed by atoms with Crippen molar-refractivity contribution in [2.45, 2.75) is 12.8 Å². The van der Waals surface area contributed by atoms with Crippen LogP contribution in [0.2, 0.25) is 0 Å². The SMILES string of the molecule is N#CN1CCC2(CNc3ccc(-c4cncnc4)cc3C2)C1=O. The van der Waals surface area contributed by atoms with Crippen LogP contribution in [-0.4, -0.2) is 33.9 Å². The molecule has 2 aliphatic heterocycles. The number of likely N-dealkylation sites (tertiary alicyclic amines) is 1. The molecule has 1 spiro atoms. The molecule has 1 aromatic carbocycles. The molecule has 1 aromatic heterocycles. The molecular weight excluding hydrogens is 290 g/mol. The summed E-state index contributed by atoms with van der Waals surface area (Å²) in [6, 6.07) is 6.15. The van der Waals surface area contributed by atoms with E-state index in [2.05, 4.69) is 21.4 Å². The highest BCUT2D eigenvalue weighted by Gasteiger charge is 2.48. The van der Waals surface area contributed by atoms with Gasteiger partial charge in [0.15, 0.2) is 6.19 Å². The van der Waals surface area contributed by atoms with Crippen molar-refractivity contribution in [1.29, 1.82) is 5.26 Å². The largest absolute Gasteiger partial charge is 0.384 e. The molecule has 0 bridgehead atoms. The maximum Gasteiger partial charge on any atom is 0.243 e. The lowest BCUT2D eigenvalue weighted by molar-refractivity contribution is -0.133. The molecule has 1 N–H and O–H groups in total. The number of fused-ring (bicyclic) bond motifs is 1. The second kappa shape index (κ2) is 5.06.